The van der Waals surface area contributed by atoms with Crippen LogP contribution in [0.15, 0.2) is 22.7 Å². The average Bonchev–Trinajstić information content (AvgIpc) is 2.36. The third-order valence-electron chi connectivity index (χ3n) is 3.99. The van der Waals surface area contributed by atoms with Crippen molar-refractivity contribution in [3.05, 3.63) is 33.3 Å². The van der Waals surface area contributed by atoms with Crippen LogP contribution in [0.2, 0.25) is 5.02 Å². The molecule has 104 valence electrons. The smallest absolute Gasteiger partial charge is 0.168 e. The standard InChI is InChI=1S/C15H18BrClO2/c1-10-4-6-15(19,7-5-10)14(18)8-11-2-3-12(16)9-13(11)17/h2-3,9-10,19H,4-8H2,1H3. The van der Waals surface area contributed by atoms with Gasteiger partial charge in [-0.05, 0) is 49.3 Å². The van der Waals surface area contributed by atoms with E-state index in [1.165, 1.54) is 0 Å². The van der Waals surface area contributed by atoms with Crippen molar-refractivity contribution in [3.8, 4) is 0 Å². The normalized spacial score (nSPS) is 27.3. The number of Topliss-reactive ketones (excluding diaryl/α,β-unsaturated/α-hetero) is 1. The van der Waals surface area contributed by atoms with Crippen LogP contribution in [-0.2, 0) is 11.2 Å². The Hall–Kier alpha value is -0.380. The lowest BCUT2D eigenvalue weighted by molar-refractivity contribution is -0.140. The van der Waals surface area contributed by atoms with Gasteiger partial charge in [-0.25, -0.2) is 0 Å². The van der Waals surface area contributed by atoms with Crippen LogP contribution in [0.25, 0.3) is 0 Å². The lowest BCUT2D eigenvalue weighted by atomic mass is 9.76. The number of benzene rings is 1. The summed E-state index contributed by atoms with van der Waals surface area (Å²) < 4.78 is 0.888. The highest BCUT2D eigenvalue weighted by Gasteiger charge is 2.38. The number of hydrogen-bond donors (Lipinski definition) is 1. The predicted molar refractivity (Wildman–Crippen MR) is 80.4 cm³/mol. The van der Waals surface area contributed by atoms with E-state index in [2.05, 4.69) is 22.9 Å². The summed E-state index contributed by atoms with van der Waals surface area (Å²) in [5, 5.41) is 11.0. The fourth-order valence-electron chi connectivity index (χ4n) is 2.52. The number of hydrogen-bond acceptors (Lipinski definition) is 2. The zero-order valence-electron chi connectivity index (χ0n) is 11.0. The quantitative estimate of drug-likeness (QED) is 0.893. The molecule has 1 aromatic rings. The molecule has 0 amide bonds. The topological polar surface area (TPSA) is 37.3 Å². The maximum absolute atomic E-state index is 12.3. The highest BCUT2D eigenvalue weighted by Crippen LogP contribution is 2.34. The Morgan fingerprint density at radius 3 is 2.68 bits per heavy atom. The van der Waals surface area contributed by atoms with Crippen molar-refractivity contribution in [2.24, 2.45) is 5.92 Å². The Morgan fingerprint density at radius 1 is 1.47 bits per heavy atom. The van der Waals surface area contributed by atoms with Gasteiger partial charge in [0.15, 0.2) is 5.78 Å². The van der Waals surface area contributed by atoms with E-state index in [9.17, 15) is 9.90 Å². The lowest BCUT2D eigenvalue weighted by Gasteiger charge is -2.33. The van der Waals surface area contributed by atoms with Crippen LogP contribution in [0.5, 0.6) is 0 Å². The molecule has 0 spiro atoms. The fourth-order valence-corrected chi connectivity index (χ4v) is 3.26. The molecule has 0 aromatic heterocycles. The highest BCUT2D eigenvalue weighted by atomic mass is 79.9. The van der Waals surface area contributed by atoms with Gasteiger partial charge >= 0.3 is 0 Å². The number of halogens is 2. The molecule has 0 heterocycles. The van der Waals surface area contributed by atoms with E-state index in [0.29, 0.717) is 23.8 Å². The SMILES string of the molecule is CC1CCC(O)(C(=O)Cc2ccc(Br)cc2Cl)CC1. The number of carbonyl (C=O) groups is 1. The molecule has 0 atom stereocenters. The summed E-state index contributed by atoms with van der Waals surface area (Å²) in [5.41, 5.74) is -0.370. The second-order valence-corrected chi connectivity index (χ2v) is 6.87. The van der Waals surface area contributed by atoms with Crippen LogP contribution in [-0.4, -0.2) is 16.5 Å². The lowest BCUT2D eigenvalue weighted by Crippen LogP contribution is -2.42. The molecular formula is C15H18BrClO2. The fraction of sp³-hybridized carbons (Fsp3) is 0.533. The summed E-state index contributed by atoms with van der Waals surface area (Å²) in [4.78, 5) is 12.3. The zero-order chi connectivity index (χ0) is 14.0. The van der Waals surface area contributed by atoms with Crippen LogP contribution >= 0.6 is 27.5 Å². The largest absolute Gasteiger partial charge is 0.382 e. The van der Waals surface area contributed by atoms with Crippen molar-refractivity contribution in [1.82, 2.24) is 0 Å². The summed E-state index contributed by atoms with van der Waals surface area (Å²) in [7, 11) is 0. The van der Waals surface area contributed by atoms with Gasteiger partial charge in [0.25, 0.3) is 0 Å². The first-order valence-electron chi connectivity index (χ1n) is 6.60. The van der Waals surface area contributed by atoms with Gasteiger partial charge in [-0.2, -0.15) is 0 Å². The van der Waals surface area contributed by atoms with Crippen molar-refractivity contribution in [2.45, 2.75) is 44.6 Å². The van der Waals surface area contributed by atoms with Gasteiger partial charge < -0.3 is 5.11 Å². The average molecular weight is 346 g/mol. The van der Waals surface area contributed by atoms with E-state index in [4.69, 9.17) is 11.6 Å². The van der Waals surface area contributed by atoms with Gasteiger partial charge in [0.05, 0.1) is 0 Å². The van der Waals surface area contributed by atoms with Gasteiger partial charge in [0, 0.05) is 15.9 Å². The Labute approximate surface area is 127 Å². The molecule has 4 heteroatoms. The molecule has 2 nitrogen and oxygen atoms in total. The van der Waals surface area contributed by atoms with E-state index in [1.807, 2.05) is 12.1 Å². The molecule has 19 heavy (non-hydrogen) atoms. The zero-order valence-corrected chi connectivity index (χ0v) is 13.3. The third kappa shape index (κ3) is 3.59. The summed E-state index contributed by atoms with van der Waals surface area (Å²) in [6.45, 7) is 2.16. The Balaban J connectivity index is 2.08. The van der Waals surface area contributed by atoms with Gasteiger partial charge in [-0.3, -0.25) is 4.79 Å². The number of ketones is 1. The summed E-state index contributed by atoms with van der Waals surface area (Å²) in [6.07, 6.45) is 3.17. The van der Waals surface area contributed by atoms with Crippen LogP contribution in [0, 0.1) is 5.92 Å². The van der Waals surface area contributed by atoms with E-state index in [0.717, 1.165) is 22.9 Å². The first kappa shape index (κ1) is 15.0. The van der Waals surface area contributed by atoms with Crippen LogP contribution in [0.4, 0.5) is 0 Å². The minimum Gasteiger partial charge on any atom is -0.382 e. The number of aliphatic hydroxyl groups is 1. The molecule has 0 aliphatic heterocycles. The minimum atomic E-state index is -1.15. The third-order valence-corrected chi connectivity index (χ3v) is 4.83. The minimum absolute atomic E-state index is 0.108. The molecule has 0 radical (unpaired) electrons. The van der Waals surface area contributed by atoms with E-state index < -0.39 is 5.60 Å². The second kappa shape index (κ2) is 5.94. The number of rotatable bonds is 3. The molecule has 1 aromatic carbocycles. The first-order chi connectivity index (χ1) is 8.90. The molecule has 1 aliphatic rings. The molecule has 1 aliphatic carbocycles. The summed E-state index contributed by atoms with van der Waals surface area (Å²) in [5.74, 6) is 0.493. The van der Waals surface area contributed by atoms with E-state index in [-0.39, 0.29) is 12.2 Å². The van der Waals surface area contributed by atoms with Crippen LogP contribution in [0.1, 0.15) is 38.2 Å². The summed E-state index contributed by atoms with van der Waals surface area (Å²) in [6, 6.07) is 5.47. The predicted octanol–water partition coefficient (Wildman–Crippen LogP) is 4.16. The van der Waals surface area contributed by atoms with E-state index in [1.54, 1.807) is 6.07 Å². The van der Waals surface area contributed by atoms with Crippen LogP contribution < -0.4 is 0 Å². The van der Waals surface area contributed by atoms with Crippen molar-refractivity contribution >= 4 is 33.3 Å². The Kier molecular flexibility index (Phi) is 4.70. The highest BCUT2D eigenvalue weighted by molar-refractivity contribution is 9.10. The number of carbonyl (C=O) groups excluding carboxylic acids is 1. The van der Waals surface area contributed by atoms with Gasteiger partial charge in [0.1, 0.15) is 5.60 Å². The van der Waals surface area contributed by atoms with Crippen molar-refractivity contribution in [3.63, 3.8) is 0 Å². The molecule has 1 N–H and O–H groups in total. The van der Waals surface area contributed by atoms with Crippen molar-refractivity contribution < 1.29 is 9.90 Å². The summed E-state index contributed by atoms with van der Waals surface area (Å²) >= 11 is 9.45. The Morgan fingerprint density at radius 2 is 2.11 bits per heavy atom. The molecule has 0 bridgehead atoms. The van der Waals surface area contributed by atoms with E-state index >= 15 is 0 Å². The monoisotopic (exact) mass is 344 g/mol. The molecule has 1 fully saturated rings. The van der Waals surface area contributed by atoms with Gasteiger partial charge in [-0.1, -0.05) is 40.5 Å². The second-order valence-electron chi connectivity index (χ2n) is 5.55. The molecule has 1 saturated carbocycles. The maximum atomic E-state index is 12.3. The van der Waals surface area contributed by atoms with Crippen molar-refractivity contribution in [2.75, 3.05) is 0 Å². The van der Waals surface area contributed by atoms with Gasteiger partial charge in [0.2, 0.25) is 0 Å². The first-order valence-corrected chi connectivity index (χ1v) is 7.77. The van der Waals surface area contributed by atoms with Gasteiger partial charge in [-0.15, -0.1) is 0 Å². The molecule has 0 saturated heterocycles. The van der Waals surface area contributed by atoms with Crippen LogP contribution in [0.3, 0.4) is 0 Å². The molecular weight excluding hydrogens is 328 g/mol. The van der Waals surface area contributed by atoms with Crippen molar-refractivity contribution in [1.29, 1.82) is 0 Å². The maximum Gasteiger partial charge on any atom is 0.168 e. The molecule has 0 unspecified atom stereocenters. The molecule has 2 rings (SSSR count). The Bertz CT molecular complexity index is 479.